The highest BCUT2D eigenvalue weighted by molar-refractivity contribution is 6.11. The van der Waals surface area contributed by atoms with Gasteiger partial charge in [-0.3, -0.25) is 4.57 Å². The molecule has 9 rings (SSSR count). The fraction of sp³-hybridized carbons (Fsp3) is 0. The second-order valence-corrected chi connectivity index (χ2v) is 10.5. The van der Waals surface area contributed by atoms with E-state index in [-0.39, 0.29) is 0 Å². The van der Waals surface area contributed by atoms with E-state index in [1.54, 1.807) is 0 Å². The Labute approximate surface area is 235 Å². The highest BCUT2D eigenvalue weighted by atomic mass is 16.3. The summed E-state index contributed by atoms with van der Waals surface area (Å²) in [4.78, 5) is 5.18. The Bertz CT molecular complexity index is 2410. The van der Waals surface area contributed by atoms with Crippen molar-refractivity contribution in [3.05, 3.63) is 140 Å². The van der Waals surface area contributed by atoms with Gasteiger partial charge in [0.2, 0.25) is 0 Å². The molecule has 4 nitrogen and oxygen atoms in total. The molecule has 3 heterocycles. The molecule has 6 aromatic carbocycles. The molecule has 0 amide bonds. The first-order valence-electron chi connectivity index (χ1n) is 13.8. The summed E-state index contributed by atoms with van der Waals surface area (Å²) >= 11 is 0. The average Bonchev–Trinajstić information content (AvgIpc) is 3.69. The maximum absolute atomic E-state index is 6.22. The van der Waals surface area contributed by atoms with Crippen molar-refractivity contribution < 1.29 is 4.42 Å². The minimum absolute atomic E-state index is 0.850. The Morgan fingerprint density at radius 1 is 0.439 bits per heavy atom. The Balaban J connectivity index is 1.39. The minimum atomic E-state index is 0.850. The van der Waals surface area contributed by atoms with Crippen LogP contribution in [0.3, 0.4) is 0 Å². The predicted octanol–water partition coefficient (Wildman–Crippen LogP) is 9.69. The van der Waals surface area contributed by atoms with Crippen molar-refractivity contribution in [2.75, 3.05) is 0 Å². The van der Waals surface area contributed by atoms with E-state index >= 15 is 0 Å². The van der Waals surface area contributed by atoms with E-state index in [0.29, 0.717) is 0 Å². The van der Waals surface area contributed by atoms with Crippen LogP contribution < -0.4 is 0 Å². The Kier molecular flexibility index (Phi) is 4.58. The number of para-hydroxylation sites is 3. The van der Waals surface area contributed by atoms with Crippen molar-refractivity contribution >= 4 is 54.8 Å². The van der Waals surface area contributed by atoms with Crippen molar-refractivity contribution in [3.8, 4) is 22.8 Å². The molecule has 0 unspecified atom stereocenters. The molecular weight excluding hydrogens is 502 g/mol. The van der Waals surface area contributed by atoms with E-state index in [9.17, 15) is 0 Å². The molecule has 0 atom stereocenters. The third kappa shape index (κ3) is 3.25. The first-order chi connectivity index (χ1) is 20.3. The Morgan fingerprint density at radius 2 is 1.15 bits per heavy atom. The maximum atomic E-state index is 6.22. The van der Waals surface area contributed by atoms with E-state index in [0.717, 1.165) is 61.3 Å². The van der Waals surface area contributed by atoms with Crippen LogP contribution in [0.15, 0.2) is 144 Å². The molecule has 4 heteroatoms. The standard InChI is InChI=1S/C37H23N3O/c1-3-11-24(12-4-1)37-38-31-23-36-30(29-16-8-10-18-35(29)41-36)22-34(31)40(37)26-19-20-28-27-15-7-9-17-32(27)39(33(28)21-26)25-13-5-2-6-14-25/h1-23H. The molecule has 0 aliphatic heterocycles. The van der Waals surface area contributed by atoms with Crippen molar-refractivity contribution in [3.63, 3.8) is 0 Å². The van der Waals surface area contributed by atoms with Gasteiger partial charge in [0.1, 0.15) is 17.0 Å². The van der Waals surface area contributed by atoms with E-state index in [1.165, 1.54) is 16.3 Å². The first kappa shape index (κ1) is 22.2. The number of hydrogen-bond acceptors (Lipinski definition) is 2. The number of benzene rings is 6. The zero-order chi connectivity index (χ0) is 26.9. The summed E-state index contributed by atoms with van der Waals surface area (Å²) in [6.45, 7) is 0. The highest BCUT2D eigenvalue weighted by Crippen LogP contribution is 2.38. The van der Waals surface area contributed by atoms with Crippen LogP contribution in [-0.2, 0) is 0 Å². The van der Waals surface area contributed by atoms with Crippen LogP contribution >= 0.6 is 0 Å². The van der Waals surface area contributed by atoms with E-state index in [1.807, 2.05) is 18.2 Å². The second-order valence-electron chi connectivity index (χ2n) is 10.5. The summed E-state index contributed by atoms with van der Waals surface area (Å²) < 4.78 is 10.9. The lowest BCUT2D eigenvalue weighted by molar-refractivity contribution is 0.669. The van der Waals surface area contributed by atoms with Gasteiger partial charge >= 0.3 is 0 Å². The molecule has 0 fully saturated rings. The fourth-order valence-corrected chi connectivity index (χ4v) is 6.29. The lowest BCUT2D eigenvalue weighted by atomic mass is 10.1. The molecule has 9 aromatic rings. The van der Waals surface area contributed by atoms with Gasteiger partial charge in [0.05, 0.1) is 22.1 Å². The van der Waals surface area contributed by atoms with Crippen LogP contribution in [-0.4, -0.2) is 14.1 Å². The lowest BCUT2D eigenvalue weighted by Gasteiger charge is -2.12. The van der Waals surface area contributed by atoms with Gasteiger partial charge in [0.15, 0.2) is 0 Å². The molecule has 0 aliphatic rings. The SMILES string of the molecule is c1ccc(-c2nc3cc4oc5ccccc5c4cc3n2-c2ccc3c4ccccc4n(-c4ccccc4)c3c2)cc1. The molecule has 41 heavy (non-hydrogen) atoms. The van der Waals surface area contributed by atoms with E-state index in [2.05, 4.69) is 130 Å². The van der Waals surface area contributed by atoms with Gasteiger partial charge in [-0.25, -0.2) is 4.98 Å². The number of nitrogens with zero attached hydrogens (tertiary/aromatic N) is 3. The largest absolute Gasteiger partial charge is 0.456 e. The van der Waals surface area contributed by atoms with Crippen LogP contribution in [0.5, 0.6) is 0 Å². The normalized spacial score (nSPS) is 11.9. The van der Waals surface area contributed by atoms with E-state index < -0.39 is 0 Å². The van der Waals surface area contributed by atoms with Gasteiger partial charge in [0, 0.05) is 44.5 Å². The smallest absolute Gasteiger partial charge is 0.145 e. The quantitative estimate of drug-likeness (QED) is 0.230. The predicted molar refractivity (Wildman–Crippen MR) is 168 cm³/mol. The van der Waals surface area contributed by atoms with Crippen LogP contribution in [0.4, 0.5) is 0 Å². The number of aromatic nitrogens is 3. The van der Waals surface area contributed by atoms with Crippen molar-refractivity contribution in [1.29, 1.82) is 0 Å². The van der Waals surface area contributed by atoms with Crippen LogP contribution in [0.1, 0.15) is 0 Å². The monoisotopic (exact) mass is 525 g/mol. The van der Waals surface area contributed by atoms with Crippen molar-refractivity contribution in [2.24, 2.45) is 0 Å². The van der Waals surface area contributed by atoms with Gasteiger partial charge in [-0.1, -0.05) is 91.0 Å². The Morgan fingerprint density at radius 3 is 2.00 bits per heavy atom. The summed E-state index contributed by atoms with van der Waals surface area (Å²) in [7, 11) is 0. The molecule has 0 saturated carbocycles. The zero-order valence-electron chi connectivity index (χ0n) is 22.0. The fourth-order valence-electron chi connectivity index (χ4n) is 6.29. The van der Waals surface area contributed by atoms with Gasteiger partial charge in [-0.2, -0.15) is 0 Å². The first-order valence-corrected chi connectivity index (χ1v) is 13.8. The zero-order valence-corrected chi connectivity index (χ0v) is 22.0. The summed E-state index contributed by atoms with van der Waals surface area (Å²) in [6, 6.07) is 48.9. The molecule has 3 aromatic heterocycles. The molecule has 0 saturated heterocycles. The Hall–Kier alpha value is -5.61. The summed E-state index contributed by atoms with van der Waals surface area (Å²) in [5.41, 5.74) is 9.30. The van der Waals surface area contributed by atoms with Gasteiger partial charge < -0.3 is 8.98 Å². The van der Waals surface area contributed by atoms with Crippen LogP contribution in [0.25, 0.3) is 77.5 Å². The molecule has 192 valence electrons. The molecule has 0 spiro atoms. The number of furan rings is 1. The van der Waals surface area contributed by atoms with E-state index in [4.69, 9.17) is 9.40 Å². The topological polar surface area (TPSA) is 35.9 Å². The molecule has 0 N–H and O–H groups in total. The summed E-state index contributed by atoms with van der Waals surface area (Å²) in [5, 5.41) is 4.66. The third-order valence-corrected chi connectivity index (χ3v) is 8.11. The van der Waals surface area contributed by atoms with Crippen LogP contribution in [0.2, 0.25) is 0 Å². The van der Waals surface area contributed by atoms with Crippen molar-refractivity contribution in [2.45, 2.75) is 0 Å². The molecule has 0 radical (unpaired) electrons. The number of hydrogen-bond donors (Lipinski definition) is 0. The average molecular weight is 526 g/mol. The third-order valence-electron chi connectivity index (χ3n) is 8.11. The number of imidazole rings is 1. The minimum Gasteiger partial charge on any atom is -0.456 e. The van der Waals surface area contributed by atoms with Crippen molar-refractivity contribution in [1.82, 2.24) is 14.1 Å². The summed E-state index contributed by atoms with van der Waals surface area (Å²) in [5.74, 6) is 0.902. The van der Waals surface area contributed by atoms with Crippen LogP contribution in [0, 0.1) is 0 Å². The van der Waals surface area contributed by atoms with Gasteiger partial charge in [0.25, 0.3) is 0 Å². The number of fused-ring (bicyclic) bond motifs is 7. The maximum Gasteiger partial charge on any atom is 0.145 e. The van der Waals surface area contributed by atoms with Gasteiger partial charge in [-0.15, -0.1) is 0 Å². The lowest BCUT2D eigenvalue weighted by Crippen LogP contribution is -1.99. The summed E-state index contributed by atoms with van der Waals surface area (Å²) in [6.07, 6.45) is 0. The number of rotatable bonds is 3. The molecule has 0 aliphatic carbocycles. The second kappa shape index (κ2) is 8.44. The van der Waals surface area contributed by atoms with Gasteiger partial charge in [-0.05, 0) is 42.5 Å². The molecule has 0 bridgehead atoms. The molecular formula is C37H23N3O. The highest BCUT2D eigenvalue weighted by Gasteiger charge is 2.19.